The lowest BCUT2D eigenvalue weighted by Gasteiger charge is -2.27. The van der Waals surface area contributed by atoms with Crippen molar-refractivity contribution in [3.05, 3.63) is 46.5 Å². The van der Waals surface area contributed by atoms with Crippen LogP contribution in [-0.4, -0.2) is 66.8 Å². The zero-order chi connectivity index (χ0) is 24.9. The minimum atomic E-state index is -0.483. The maximum Gasteiger partial charge on any atom is 0.325 e. The normalized spacial score (nSPS) is 12.7. The summed E-state index contributed by atoms with van der Waals surface area (Å²) in [5, 5.41) is 7.52. The number of ether oxygens (including phenoxy) is 2. The molecule has 1 aromatic carbocycles. The first kappa shape index (κ1) is 24.2. The topological polar surface area (TPSA) is 134 Å². The molecule has 3 aromatic rings. The first-order valence-electron chi connectivity index (χ1n) is 10.7. The lowest BCUT2D eigenvalue weighted by molar-refractivity contribution is 0.0858. The van der Waals surface area contributed by atoms with Gasteiger partial charge in [0.2, 0.25) is 5.88 Å². The summed E-state index contributed by atoms with van der Waals surface area (Å²) in [5.74, 6) is 0.779. The first-order chi connectivity index (χ1) is 16.9. The number of fused-ring (bicyclic) bond motifs is 1. The Bertz CT molecular complexity index is 1210. The number of hydrazine groups is 1. The largest absolute Gasteiger partial charge is 0.481 e. The summed E-state index contributed by atoms with van der Waals surface area (Å²) in [5.41, 5.74) is 4.34. The highest BCUT2D eigenvalue weighted by molar-refractivity contribution is 7.15. The van der Waals surface area contributed by atoms with Crippen LogP contribution in [0.1, 0.15) is 20.9 Å². The van der Waals surface area contributed by atoms with E-state index in [0.717, 1.165) is 10.6 Å². The van der Waals surface area contributed by atoms with Gasteiger partial charge in [-0.1, -0.05) is 23.5 Å². The number of carbonyl (C=O) groups is 2. The molecular weight excluding hydrogens is 472 g/mol. The Morgan fingerprint density at radius 2 is 1.89 bits per heavy atom. The minimum Gasteiger partial charge on any atom is -0.481 e. The predicted molar refractivity (Wildman–Crippen MR) is 132 cm³/mol. The second-order valence-corrected chi connectivity index (χ2v) is 8.86. The molecule has 2 aromatic heterocycles. The zero-order valence-electron chi connectivity index (χ0n) is 19.8. The Labute approximate surface area is 206 Å². The summed E-state index contributed by atoms with van der Waals surface area (Å²) >= 11 is 1.39. The third-order valence-electron chi connectivity index (χ3n) is 5.08. The molecule has 1 aliphatic rings. The van der Waals surface area contributed by atoms with Crippen molar-refractivity contribution in [2.24, 2.45) is 0 Å². The molecule has 0 atom stereocenters. The summed E-state index contributed by atoms with van der Waals surface area (Å²) in [7, 11) is 6.47. The van der Waals surface area contributed by atoms with Gasteiger partial charge >= 0.3 is 12.0 Å². The number of para-hydroxylation sites is 1. The van der Waals surface area contributed by atoms with Crippen molar-refractivity contribution in [3.63, 3.8) is 0 Å². The van der Waals surface area contributed by atoms with E-state index in [1.54, 1.807) is 51.5 Å². The van der Waals surface area contributed by atoms with Crippen LogP contribution in [0, 0.1) is 0 Å². The van der Waals surface area contributed by atoms with E-state index in [1.165, 1.54) is 23.5 Å². The van der Waals surface area contributed by atoms with E-state index in [1.807, 2.05) is 0 Å². The number of anilines is 3. The summed E-state index contributed by atoms with van der Waals surface area (Å²) in [6.45, 7) is 1.27. The van der Waals surface area contributed by atoms with E-state index >= 15 is 0 Å². The Morgan fingerprint density at radius 1 is 1.09 bits per heavy atom. The molecule has 35 heavy (non-hydrogen) atoms. The van der Waals surface area contributed by atoms with Crippen LogP contribution in [0.5, 0.6) is 11.9 Å². The molecule has 3 heterocycles. The van der Waals surface area contributed by atoms with Gasteiger partial charge in [-0.3, -0.25) is 15.5 Å². The molecule has 1 aliphatic heterocycles. The number of nitrogens with one attached hydrogen (secondary N) is 3. The summed E-state index contributed by atoms with van der Waals surface area (Å²) in [6, 6.07) is 8.29. The maximum absolute atomic E-state index is 12.7. The first-order valence-corrected chi connectivity index (χ1v) is 11.5. The van der Waals surface area contributed by atoms with E-state index in [0.29, 0.717) is 47.6 Å². The predicted octanol–water partition coefficient (Wildman–Crippen LogP) is 2.36. The number of rotatable bonds is 7. The van der Waals surface area contributed by atoms with Gasteiger partial charge in [0.05, 0.1) is 37.7 Å². The number of hydrogen-bond acceptors (Lipinski definition) is 10. The molecule has 13 heteroatoms. The highest BCUT2D eigenvalue weighted by Gasteiger charge is 2.24. The number of amides is 3. The van der Waals surface area contributed by atoms with Crippen LogP contribution in [-0.2, 0) is 13.0 Å². The molecule has 0 saturated heterocycles. The summed E-state index contributed by atoms with van der Waals surface area (Å²) in [4.78, 5) is 41.3. The van der Waals surface area contributed by atoms with Crippen LogP contribution < -0.4 is 30.4 Å². The molecule has 0 spiro atoms. The number of benzene rings is 1. The average Bonchev–Trinajstić information content (AvgIpc) is 3.24. The van der Waals surface area contributed by atoms with Crippen LogP contribution in [0.3, 0.4) is 0 Å². The van der Waals surface area contributed by atoms with E-state index in [9.17, 15) is 9.59 Å². The molecular formula is C22H26N8O4S. The number of thiazole rings is 1. The molecule has 184 valence electrons. The van der Waals surface area contributed by atoms with Gasteiger partial charge in [0.25, 0.3) is 5.91 Å². The van der Waals surface area contributed by atoms with Crippen LogP contribution in [0.15, 0.2) is 30.3 Å². The van der Waals surface area contributed by atoms with Crippen molar-refractivity contribution < 1.29 is 19.1 Å². The van der Waals surface area contributed by atoms with Gasteiger partial charge in [-0.15, -0.1) is 0 Å². The number of methoxy groups -OCH3 is 2. The van der Waals surface area contributed by atoms with Crippen molar-refractivity contribution in [1.82, 2.24) is 25.4 Å². The van der Waals surface area contributed by atoms with Gasteiger partial charge in [-0.25, -0.2) is 14.8 Å². The Balaban J connectivity index is 1.44. The van der Waals surface area contributed by atoms with Crippen molar-refractivity contribution >= 4 is 39.9 Å². The zero-order valence-corrected chi connectivity index (χ0v) is 20.6. The van der Waals surface area contributed by atoms with Gasteiger partial charge in [0, 0.05) is 38.0 Å². The number of carbonyl (C=O) groups excluding carboxylic acids is 2. The third-order valence-corrected chi connectivity index (χ3v) is 6.08. The van der Waals surface area contributed by atoms with Gasteiger partial charge in [0.1, 0.15) is 5.82 Å². The van der Waals surface area contributed by atoms with Crippen molar-refractivity contribution in [1.29, 1.82) is 0 Å². The number of aromatic nitrogens is 3. The highest BCUT2D eigenvalue weighted by atomic mass is 32.1. The fourth-order valence-electron chi connectivity index (χ4n) is 3.50. The third kappa shape index (κ3) is 5.75. The van der Waals surface area contributed by atoms with Crippen LogP contribution in [0.25, 0.3) is 0 Å². The van der Waals surface area contributed by atoms with Gasteiger partial charge in [0.15, 0.2) is 5.13 Å². The molecule has 0 radical (unpaired) electrons. The van der Waals surface area contributed by atoms with E-state index in [-0.39, 0.29) is 11.9 Å². The fraction of sp³-hybridized carbons (Fsp3) is 0.318. The maximum atomic E-state index is 12.7. The SMILES string of the molecule is COc1cc(N2CCc3nc(NC(=O)Nc4ccccc4C(=O)NN(C)C)sc3C2)nc(OC)n1. The summed E-state index contributed by atoms with van der Waals surface area (Å²) in [6.07, 6.45) is 0.692. The average molecular weight is 499 g/mol. The quantitative estimate of drug-likeness (QED) is 0.420. The smallest absolute Gasteiger partial charge is 0.325 e. The molecule has 12 nitrogen and oxygen atoms in total. The van der Waals surface area contributed by atoms with Gasteiger partial charge < -0.3 is 19.7 Å². The Morgan fingerprint density at radius 3 is 2.63 bits per heavy atom. The number of nitrogens with zero attached hydrogens (tertiary/aromatic N) is 5. The van der Waals surface area contributed by atoms with E-state index < -0.39 is 6.03 Å². The lowest BCUT2D eigenvalue weighted by Crippen LogP contribution is -2.36. The monoisotopic (exact) mass is 498 g/mol. The van der Waals surface area contributed by atoms with Crippen molar-refractivity contribution in [3.8, 4) is 11.9 Å². The van der Waals surface area contributed by atoms with Crippen LogP contribution in [0.4, 0.5) is 21.4 Å². The van der Waals surface area contributed by atoms with Crippen LogP contribution >= 0.6 is 11.3 Å². The number of urea groups is 1. The molecule has 0 bridgehead atoms. The molecule has 0 saturated carbocycles. The Kier molecular flexibility index (Phi) is 7.27. The summed E-state index contributed by atoms with van der Waals surface area (Å²) < 4.78 is 10.4. The molecule has 4 rings (SSSR count). The van der Waals surface area contributed by atoms with Gasteiger partial charge in [-0.05, 0) is 12.1 Å². The van der Waals surface area contributed by atoms with Gasteiger partial charge in [-0.2, -0.15) is 9.97 Å². The fourth-order valence-corrected chi connectivity index (χ4v) is 4.52. The molecule has 0 unspecified atom stereocenters. The van der Waals surface area contributed by atoms with Crippen molar-refractivity contribution in [2.75, 3.05) is 50.4 Å². The molecule has 0 fully saturated rings. The molecule has 0 aliphatic carbocycles. The number of hydrogen-bond donors (Lipinski definition) is 3. The molecule has 3 N–H and O–H groups in total. The minimum absolute atomic E-state index is 0.230. The van der Waals surface area contributed by atoms with Crippen LogP contribution in [0.2, 0.25) is 0 Å². The Hall–Kier alpha value is -3.97. The molecule has 3 amide bonds. The van der Waals surface area contributed by atoms with E-state index in [2.05, 4.69) is 35.9 Å². The second-order valence-electron chi connectivity index (χ2n) is 7.78. The van der Waals surface area contributed by atoms with E-state index in [4.69, 9.17) is 9.47 Å². The lowest BCUT2D eigenvalue weighted by atomic mass is 10.1. The standard InChI is InChI=1S/C22H26N8O4S/c1-29(2)28-19(31)13-7-5-6-8-14(13)23-20(32)27-22-24-15-9-10-30(12-16(15)35-22)17-11-18(33-3)26-21(25-17)34-4/h5-8,11H,9-10,12H2,1-4H3,(H,28,31)(H2,23,24,27,32). The highest BCUT2D eigenvalue weighted by Crippen LogP contribution is 2.31. The van der Waals surface area contributed by atoms with Crippen molar-refractivity contribution in [2.45, 2.75) is 13.0 Å². The second kappa shape index (κ2) is 10.5.